The molecule has 0 amide bonds. The van der Waals surface area contributed by atoms with Gasteiger partial charge in [0.05, 0.1) is 17.1 Å². The van der Waals surface area contributed by atoms with E-state index < -0.39 is 0 Å². The maximum Gasteiger partial charge on any atom is 0.191 e. The third-order valence-corrected chi connectivity index (χ3v) is 5.19. The second-order valence-corrected chi connectivity index (χ2v) is 6.95. The molecule has 3 rings (SSSR count). The van der Waals surface area contributed by atoms with E-state index in [4.69, 9.17) is 5.10 Å². The maximum atomic E-state index is 4.71. The number of aromatic nitrogens is 4. The van der Waals surface area contributed by atoms with Crippen molar-refractivity contribution >= 4 is 29.9 Å². The molecule has 0 spiro atoms. The van der Waals surface area contributed by atoms with Crippen LogP contribution in [-0.2, 0) is 20.1 Å². The lowest BCUT2D eigenvalue weighted by Crippen LogP contribution is -2.36. The van der Waals surface area contributed by atoms with Gasteiger partial charge in [-0.2, -0.15) is 10.2 Å². The van der Waals surface area contributed by atoms with Gasteiger partial charge in [0.15, 0.2) is 5.96 Å². The molecule has 0 bridgehead atoms. The number of aryl methyl sites for hydroxylation is 3. The first kappa shape index (κ1) is 22.9. The summed E-state index contributed by atoms with van der Waals surface area (Å²) in [7, 11) is 3.75. The van der Waals surface area contributed by atoms with Crippen molar-refractivity contribution in [3.63, 3.8) is 0 Å². The highest BCUT2D eigenvalue weighted by atomic mass is 127. The predicted octanol–water partition coefficient (Wildman–Crippen LogP) is 3.32. The molecule has 0 aliphatic heterocycles. The molecule has 0 saturated heterocycles. The summed E-state index contributed by atoms with van der Waals surface area (Å²) < 4.78 is 3.90. The number of nitrogens with one attached hydrogen (secondary N) is 2. The number of nitrogens with zero attached hydrogens (tertiary/aromatic N) is 5. The second-order valence-electron chi connectivity index (χ2n) is 6.95. The van der Waals surface area contributed by atoms with E-state index in [2.05, 4.69) is 46.7 Å². The van der Waals surface area contributed by atoms with Crippen LogP contribution in [-0.4, -0.2) is 32.6 Å². The van der Waals surface area contributed by atoms with Crippen molar-refractivity contribution in [2.24, 2.45) is 12.0 Å². The summed E-state index contributed by atoms with van der Waals surface area (Å²) >= 11 is 0. The fraction of sp³-hybridized carbons (Fsp3) is 0.381. The maximum absolute atomic E-state index is 4.71. The number of guanidine groups is 1. The highest BCUT2D eigenvalue weighted by molar-refractivity contribution is 14.0. The first-order valence-electron chi connectivity index (χ1n) is 9.46. The van der Waals surface area contributed by atoms with Crippen LogP contribution in [0.2, 0.25) is 0 Å². The van der Waals surface area contributed by atoms with Crippen LogP contribution in [0.1, 0.15) is 33.9 Å². The Balaban J connectivity index is 0.00000300. The van der Waals surface area contributed by atoms with Gasteiger partial charge in [-0.3, -0.25) is 9.67 Å². The highest BCUT2D eigenvalue weighted by Crippen LogP contribution is 2.17. The van der Waals surface area contributed by atoms with Crippen molar-refractivity contribution in [1.82, 2.24) is 30.2 Å². The van der Waals surface area contributed by atoms with Crippen molar-refractivity contribution in [3.05, 3.63) is 64.2 Å². The molecule has 7 nitrogen and oxygen atoms in total. The summed E-state index contributed by atoms with van der Waals surface area (Å²) in [5, 5.41) is 16.0. The summed E-state index contributed by atoms with van der Waals surface area (Å²) in [4.78, 5) is 4.35. The number of halogens is 1. The third kappa shape index (κ3) is 4.98. The number of benzene rings is 1. The molecule has 2 aromatic heterocycles. The molecule has 0 unspecified atom stereocenters. The van der Waals surface area contributed by atoms with Crippen LogP contribution in [0.3, 0.4) is 0 Å². The third-order valence-electron chi connectivity index (χ3n) is 5.19. The van der Waals surface area contributed by atoms with Crippen LogP contribution in [0.4, 0.5) is 0 Å². The first-order valence-corrected chi connectivity index (χ1v) is 9.46. The Morgan fingerprint density at radius 3 is 1.97 bits per heavy atom. The van der Waals surface area contributed by atoms with Gasteiger partial charge in [0.25, 0.3) is 0 Å². The molecule has 0 saturated carbocycles. The van der Waals surface area contributed by atoms with Crippen molar-refractivity contribution in [3.8, 4) is 5.69 Å². The van der Waals surface area contributed by atoms with Gasteiger partial charge in [-0.1, -0.05) is 18.2 Å². The first-order chi connectivity index (χ1) is 13.4. The standard InChI is InChI=1S/C21H29N7.HI/c1-14-19(16(3)27(6)25-14)12-23-21(22-5)24-13-20-15(2)26-28(17(20)4)18-10-8-7-9-11-18;/h7-11H,12-13H2,1-6H3,(H2,22,23,24);1H. The minimum Gasteiger partial charge on any atom is -0.352 e. The van der Waals surface area contributed by atoms with Crippen molar-refractivity contribution in [2.45, 2.75) is 40.8 Å². The van der Waals surface area contributed by atoms with Crippen LogP contribution >= 0.6 is 24.0 Å². The number of para-hydroxylation sites is 1. The van der Waals surface area contributed by atoms with E-state index in [0.717, 1.165) is 34.4 Å². The molecule has 29 heavy (non-hydrogen) atoms. The Hall–Kier alpha value is -2.36. The summed E-state index contributed by atoms with van der Waals surface area (Å²) in [5.74, 6) is 0.758. The topological polar surface area (TPSA) is 72.1 Å². The van der Waals surface area contributed by atoms with Gasteiger partial charge in [-0.25, -0.2) is 4.68 Å². The summed E-state index contributed by atoms with van der Waals surface area (Å²) in [5.41, 5.74) is 7.80. The number of rotatable bonds is 5. The minimum absolute atomic E-state index is 0. The molecular weight excluding hydrogens is 477 g/mol. The van der Waals surface area contributed by atoms with Gasteiger partial charge in [-0.05, 0) is 39.8 Å². The van der Waals surface area contributed by atoms with E-state index in [9.17, 15) is 0 Å². The van der Waals surface area contributed by atoms with Gasteiger partial charge in [-0.15, -0.1) is 24.0 Å². The van der Waals surface area contributed by atoms with Crippen molar-refractivity contribution in [1.29, 1.82) is 0 Å². The molecule has 0 atom stereocenters. The Morgan fingerprint density at radius 2 is 1.45 bits per heavy atom. The zero-order valence-electron chi connectivity index (χ0n) is 17.9. The quantitative estimate of drug-likeness (QED) is 0.316. The zero-order valence-corrected chi connectivity index (χ0v) is 20.3. The van der Waals surface area contributed by atoms with Crippen LogP contribution in [0, 0.1) is 27.7 Å². The van der Waals surface area contributed by atoms with E-state index in [-0.39, 0.29) is 24.0 Å². The molecule has 2 heterocycles. The van der Waals surface area contributed by atoms with Crippen LogP contribution in [0.25, 0.3) is 5.69 Å². The molecule has 1 aromatic carbocycles. The van der Waals surface area contributed by atoms with Crippen LogP contribution < -0.4 is 10.6 Å². The van der Waals surface area contributed by atoms with Gasteiger partial charge < -0.3 is 10.6 Å². The number of hydrogen-bond acceptors (Lipinski definition) is 3. The fourth-order valence-corrected chi connectivity index (χ4v) is 3.39. The smallest absolute Gasteiger partial charge is 0.191 e. The monoisotopic (exact) mass is 507 g/mol. The lowest BCUT2D eigenvalue weighted by Gasteiger charge is -2.13. The van der Waals surface area contributed by atoms with Crippen LogP contribution in [0.15, 0.2) is 35.3 Å². The molecule has 0 aliphatic rings. The predicted molar refractivity (Wildman–Crippen MR) is 128 cm³/mol. The van der Waals surface area contributed by atoms with Crippen molar-refractivity contribution in [2.75, 3.05) is 7.05 Å². The Morgan fingerprint density at radius 1 is 0.897 bits per heavy atom. The zero-order chi connectivity index (χ0) is 20.3. The fourth-order valence-electron chi connectivity index (χ4n) is 3.39. The van der Waals surface area contributed by atoms with E-state index in [0.29, 0.717) is 13.1 Å². The Kier molecular flexibility index (Phi) is 7.83. The van der Waals surface area contributed by atoms with Gasteiger partial charge in [0, 0.05) is 49.7 Å². The van der Waals surface area contributed by atoms with E-state index in [1.165, 1.54) is 11.1 Å². The molecular formula is C21H30IN7. The van der Waals surface area contributed by atoms with E-state index in [1.807, 2.05) is 48.5 Å². The van der Waals surface area contributed by atoms with Gasteiger partial charge in [0.2, 0.25) is 0 Å². The lowest BCUT2D eigenvalue weighted by molar-refractivity contribution is 0.728. The second kappa shape index (κ2) is 9.91. The molecule has 0 radical (unpaired) electrons. The summed E-state index contributed by atoms with van der Waals surface area (Å²) in [6, 6.07) is 10.2. The van der Waals surface area contributed by atoms with E-state index >= 15 is 0 Å². The SMILES string of the molecule is CN=C(NCc1c(C)nn(C)c1C)NCc1c(C)nn(-c2ccccc2)c1C.I. The average Bonchev–Trinajstić information content (AvgIpc) is 3.11. The largest absolute Gasteiger partial charge is 0.352 e. The lowest BCUT2D eigenvalue weighted by atomic mass is 10.2. The summed E-state index contributed by atoms with van der Waals surface area (Å²) in [6.07, 6.45) is 0. The Bertz CT molecular complexity index is 986. The normalized spacial score (nSPS) is 11.3. The minimum atomic E-state index is 0. The van der Waals surface area contributed by atoms with Gasteiger partial charge >= 0.3 is 0 Å². The highest BCUT2D eigenvalue weighted by Gasteiger charge is 2.14. The van der Waals surface area contributed by atoms with Crippen molar-refractivity contribution < 1.29 is 0 Å². The Labute approximate surface area is 189 Å². The summed E-state index contributed by atoms with van der Waals surface area (Å²) in [6.45, 7) is 9.61. The average molecular weight is 507 g/mol. The molecule has 8 heteroatoms. The number of hydrogen-bond donors (Lipinski definition) is 2. The molecule has 3 aromatic rings. The molecule has 2 N–H and O–H groups in total. The molecule has 0 aliphatic carbocycles. The number of aliphatic imine (C=N–C) groups is 1. The molecule has 0 fully saturated rings. The van der Waals surface area contributed by atoms with Gasteiger partial charge in [0.1, 0.15) is 0 Å². The molecule has 156 valence electrons. The van der Waals surface area contributed by atoms with E-state index in [1.54, 1.807) is 7.05 Å². The van der Waals surface area contributed by atoms with Crippen LogP contribution in [0.5, 0.6) is 0 Å².